The van der Waals surface area contributed by atoms with Crippen LogP contribution in [0.3, 0.4) is 0 Å². The second kappa shape index (κ2) is 5.05. The number of hydrogen-bond acceptors (Lipinski definition) is 4. The van der Waals surface area contributed by atoms with Crippen molar-refractivity contribution in [3.63, 3.8) is 0 Å². The van der Waals surface area contributed by atoms with E-state index in [4.69, 9.17) is 10.6 Å². The van der Waals surface area contributed by atoms with E-state index in [0.717, 1.165) is 11.1 Å². The summed E-state index contributed by atoms with van der Waals surface area (Å²) < 4.78 is 5.03. The van der Waals surface area contributed by atoms with Gasteiger partial charge in [0.05, 0.1) is 13.3 Å². The predicted molar refractivity (Wildman–Crippen MR) is 60.3 cm³/mol. The molecule has 0 aliphatic heterocycles. The molecule has 0 radical (unpaired) electrons. The maximum atomic E-state index is 9.76. The molecule has 4 nitrogen and oxygen atoms in total. The Morgan fingerprint density at radius 2 is 2.33 bits per heavy atom. The Kier molecular flexibility index (Phi) is 3.74. The average molecular weight is 206 g/mol. The largest absolute Gasteiger partial charge is 0.504 e. The van der Waals surface area contributed by atoms with Crippen molar-refractivity contribution in [1.82, 2.24) is 0 Å². The Hall–Kier alpha value is -1.97. The molecule has 0 fully saturated rings. The monoisotopic (exact) mass is 206 g/mol. The summed E-state index contributed by atoms with van der Waals surface area (Å²) in [6.07, 6.45) is 3.76. The SMILES string of the molecule is C=CCc1cc(C=NN)cc(OC)c1O. The molecule has 4 heteroatoms. The number of phenolic OH excluding ortho intramolecular Hbond substituents is 1. The fourth-order valence-electron chi connectivity index (χ4n) is 1.32. The molecule has 0 amide bonds. The molecule has 1 aromatic carbocycles. The number of aromatic hydroxyl groups is 1. The molecule has 80 valence electrons. The Balaban J connectivity index is 3.24. The van der Waals surface area contributed by atoms with Crippen molar-refractivity contribution in [3.05, 3.63) is 35.9 Å². The first-order chi connectivity index (χ1) is 7.22. The molecule has 1 aromatic rings. The first-order valence-electron chi connectivity index (χ1n) is 4.47. The highest BCUT2D eigenvalue weighted by Gasteiger charge is 2.08. The number of allylic oxidation sites excluding steroid dienone is 1. The maximum absolute atomic E-state index is 9.76. The third-order valence-electron chi connectivity index (χ3n) is 1.98. The van der Waals surface area contributed by atoms with Crippen molar-refractivity contribution < 1.29 is 9.84 Å². The standard InChI is InChI=1S/C11H14N2O2/c1-3-4-9-5-8(7-13-12)6-10(15-2)11(9)14/h3,5-7,14H,1,4,12H2,2H3. The van der Waals surface area contributed by atoms with E-state index in [1.54, 1.807) is 18.2 Å². The van der Waals surface area contributed by atoms with Gasteiger partial charge in [0.2, 0.25) is 0 Å². The van der Waals surface area contributed by atoms with Crippen LogP contribution in [0.4, 0.5) is 0 Å². The van der Waals surface area contributed by atoms with Gasteiger partial charge in [-0.25, -0.2) is 0 Å². The minimum atomic E-state index is 0.131. The molecule has 0 saturated heterocycles. The summed E-state index contributed by atoms with van der Waals surface area (Å²) in [6, 6.07) is 3.45. The van der Waals surface area contributed by atoms with E-state index in [1.165, 1.54) is 13.3 Å². The number of hydrogen-bond donors (Lipinski definition) is 2. The van der Waals surface area contributed by atoms with E-state index in [-0.39, 0.29) is 5.75 Å². The van der Waals surface area contributed by atoms with E-state index >= 15 is 0 Å². The normalized spacial score (nSPS) is 10.5. The summed E-state index contributed by atoms with van der Waals surface area (Å²) in [4.78, 5) is 0. The van der Waals surface area contributed by atoms with Crippen LogP contribution in [-0.2, 0) is 6.42 Å². The molecule has 0 spiro atoms. The number of rotatable bonds is 4. The van der Waals surface area contributed by atoms with Gasteiger partial charge in [0.1, 0.15) is 0 Å². The second-order valence-electron chi connectivity index (χ2n) is 3.00. The molecule has 0 atom stereocenters. The number of phenols is 1. The molecule has 0 aromatic heterocycles. The van der Waals surface area contributed by atoms with Gasteiger partial charge in [-0.15, -0.1) is 6.58 Å². The van der Waals surface area contributed by atoms with Gasteiger partial charge < -0.3 is 15.7 Å². The van der Waals surface area contributed by atoms with Crippen LogP contribution in [0, 0.1) is 0 Å². The Labute approximate surface area is 88.7 Å². The molecule has 3 N–H and O–H groups in total. The quantitative estimate of drug-likeness (QED) is 0.339. The van der Waals surface area contributed by atoms with E-state index in [9.17, 15) is 5.11 Å². The molecular formula is C11H14N2O2. The topological polar surface area (TPSA) is 67.8 Å². The van der Waals surface area contributed by atoms with Crippen molar-refractivity contribution in [2.45, 2.75) is 6.42 Å². The van der Waals surface area contributed by atoms with Gasteiger partial charge in [0, 0.05) is 5.56 Å². The van der Waals surface area contributed by atoms with E-state index in [1.807, 2.05) is 0 Å². The van der Waals surface area contributed by atoms with Gasteiger partial charge in [-0.3, -0.25) is 0 Å². The van der Waals surface area contributed by atoms with Crippen molar-refractivity contribution in [3.8, 4) is 11.5 Å². The number of nitrogens with two attached hydrogens (primary N) is 1. The average Bonchev–Trinajstić information content (AvgIpc) is 2.23. The summed E-state index contributed by atoms with van der Waals surface area (Å²) in [5, 5.41) is 13.2. The van der Waals surface area contributed by atoms with E-state index in [0.29, 0.717) is 12.2 Å². The number of methoxy groups -OCH3 is 1. The lowest BCUT2D eigenvalue weighted by molar-refractivity contribution is 0.371. The maximum Gasteiger partial charge on any atom is 0.161 e. The molecule has 0 heterocycles. The minimum Gasteiger partial charge on any atom is -0.504 e. The Bertz CT molecular complexity index is 386. The molecule has 0 aliphatic rings. The van der Waals surface area contributed by atoms with Crippen LogP contribution in [0.2, 0.25) is 0 Å². The Morgan fingerprint density at radius 1 is 1.60 bits per heavy atom. The van der Waals surface area contributed by atoms with Crippen molar-refractivity contribution in [1.29, 1.82) is 0 Å². The van der Waals surface area contributed by atoms with Gasteiger partial charge >= 0.3 is 0 Å². The number of benzene rings is 1. The van der Waals surface area contributed by atoms with Crippen LogP contribution in [-0.4, -0.2) is 18.4 Å². The van der Waals surface area contributed by atoms with Gasteiger partial charge in [-0.1, -0.05) is 6.08 Å². The zero-order chi connectivity index (χ0) is 11.3. The first kappa shape index (κ1) is 11.1. The minimum absolute atomic E-state index is 0.131. The van der Waals surface area contributed by atoms with Gasteiger partial charge in [-0.2, -0.15) is 5.10 Å². The van der Waals surface area contributed by atoms with Crippen LogP contribution in [0.5, 0.6) is 11.5 Å². The summed E-state index contributed by atoms with van der Waals surface area (Å²) in [7, 11) is 1.50. The van der Waals surface area contributed by atoms with Crippen LogP contribution in [0.25, 0.3) is 0 Å². The van der Waals surface area contributed by atoms with E-state index in [2.05, 4.69) is 11.7 Å². The summed E-state index contributed by atoms with van der Waals surface area (Å²) in [5.41, 5.74) is 1.52. The van der Waals surface area contributed by atoms with Crippen LogP contribution >= 0.6 is 0 Å². The zero-order valence-corrected chi connectivity index (χ0v) is 8.60. The molecule has 0 unspecified atom stereocenters. The summed E-state index contributed by atoms with van der Waals surface area (Å²) in [6.45, 7) is 3.62. The van der Waals surface area contributed by atoms with Crippen LogP contribution in [0.1, 0.15) is 11.1 Å². The lowest BCUT2D eigenvalue weighted by Gasteiger charge is -2.08. The summed E-state index contributed by atoms with van der Waals surface area (Å²) in [5.74, 6) is 5.60. The second-order valence-corrected chi connectivity index (χ2v) is 3.00. The zero-order valence-electron chi connectivity index (χ0n) is 8.60. The highest BCUT2D eigenvalue weighted by atomic mass is 16.5. The third kappa shape index (κ3) is 2.49. The fourth-order valence-corrected chi connectivity index (χ4v) is 1.32. The highest BCUT2D eigenvalue weighted by Crippen LogP contribution is 2.31. The molecule has 0 aliphatic carbocycles. The smallest absolute Gasteiger partial charge is 0.161 e. The fraction of sp³-hybridized carbons (Fsp3) is 0.182. The lowest BCUT2D eigenvalue weighted by Crippen LogP contribution is -1.94. The molecule has 0 bridgehead atoms. The third-order valence-corrected chi connectivity index (χ3v) is 1.98. The number of nitrogens with zero attached hydrogens (tertiary/aromatic N) is 1. The molecule has 1 rings (SSSR count). The van der Waals surface area contributed by atoms with Crippen molar-refractivity contribution in [2.75, 3.05) is 7.11 Å². The predicted octanol–water partition coefficient (Wildman–Crippen LogP) is 1.42. The van der Waals surface area contributed by atoms with Crippen LogP contribution < -0.4 is 10.6 Å². The molecule has 15 heavy (non-hydrogen) atoms. The number of hydrazone groups is 1. The van der Waals surface area contributed by atoms with Gasteiger partial charge in [-0.05, 0) is 24.1 Å². The van der Waals surface area contributed by atoms with Crippen molar-refractivity contribution in [2.24, 2.45) is 10.9 Å². The lowest BCUT2D eigenvalue weighted by atomic mass is 10.1. The Morgan fingerprint density at radius 3 is 2.87 bits per heavy atom. The molecular weight excluding hydrogens is 192 g/mol. The molecule has 0 saturated carbocycles. The summed E-state index contributed by atoms with van der Waals surface area (Å²) >= 11 is 0. The first-order valence-corrected chi connectivity index (χ1v) is 4.47. The highest BCUT2D eigenvalue weighted by molar-refractivity contribution is 5.81. The number of ether oxygens (including phenoxy) is 1. The van der Waals surface area contributed by atoms with Gasteiger partial charge in [0.15, 0.2) is 11.5 Å². The van der Waals surface area contributed by atoms with E-state index < -0.39 is 0 Å². The van der Waals surface area contributed by atoms with Crippen molar-refractivity contribution >= 4 is 6.21 Å². The van der Waals surface area contributed by atoms with Gasteiger partial charge in [0.25, 0.3) is 0 Å². The van der Waals surface area contributed by atoms with Crippen LogP contribution in [0.15, 0.2) is 29.9 Å².